The zero-order valence-corrected chi connectivity index (χ0v) is 17.1. The second kappa shape index (κ2) is 8.43. The molecular formula is C22H21F3N2O4. The number of nitrogens with zero attached hydrogens (tertiary/aromatic N) is 2. The van der Waals surface area contributed by atoms with Crippen LogP contribution in [0.1, 0.15) is 19.4 Å². The molecule has 6 nitrogen and oxygen atoms in total. The van der Waals surface area contributed by atoms with Gasteiger partial charge in [-0.1, -0.05) is 0 Å². The highest BCUT2D eigenvalue weighted by Gasteiger charge is 2.30. The third kappa shape index (κ3) is 5.43. The second-order valence-electron chi connectivity index (χ2n) is 7.49. The van der Waals surface area contributed by atoms with Gasteiger partial charge < -0.3 is 14.6 Å². The van der Waals surface area contributed by atoms with Crippen molar-refractivity contribution in [3.05, 3.63) is 70.8 Å². The van der Waals surface area contributed by atoms with E-state index in [4.69, 9.17) is 9.47 Å². The number of aliphatic hydroxyl groups is 1. The summed E-state index contributed by atoms with van der Waals surface area (Å²) in [5, 5.41) is 9.81. The largest absolute Gasteiger partial charge is 0.493 e. The Bertz CT molecular complexity index is 1120. The molecule has 0 atom stereocenters. The number of pyridine rings is 2. The van der Waals surface area contributed by atoms with Crippen molar-refractivity contribution in [3.8, 4) is 28.4 Å². The first kappa shape index (κ1) is 22.4. The zero-order chi connectivity index (χ0) is 22.8. The predicted molar refractivity (Wildman–Crippen MR) is 109 cm³/mol. The van der Waals surface area contributed by atoms with Gasteiger partial charge in [0, 0.05) is 30.1 Å². The van der Waals surface area contributed by atoms with Crippen molar-refractivity contribution in [1.29, 1.82) is 0 Å². The van der Waals surface area contributed by atoms with Crippen molar-refractivity contribution in [2.24, 2.45) is 0 Å². The van der Waals surface area contributed by atoms with Gasteiger partial charge in [0.1, 0.15) is 6.61 Å². The summed E-state index contributed by atoms with van der Waals surface area (Å²) in [5.74, 6) is 0.786. The summed E-state index contributed by atoms with van der Waals surface area (Å²) in [7, 11) is 1.46. The maximum absolute atomic E-state index is 12.7. The Kier molecular flexibility index (Phi) is 6.08. The number of hydrogen-bond donors (Lipinski definition) is 1. The van der Waals surface area contributed by atoms with Crippen LogP contribution in [-0.4, -0.2) is 34.0 Å². The minimum Gasteiger partial charge on any atom is -0.493 e. The van der Waals surface area contributed by atoms with Crippen LogP contribution in [0.15, 0.2) is 59.7 Å². The molecule has 31 heavy (non-hydrogen) atoms. The summed E-state index contributed by atoms with van der Waals surface area (Å²) < 4.78 is 50.3. The van der Waals surface area contributed by atoms with Crippen molar-refractivity contribution in [2.45, 2.75) is 25.6 Å². The van der Waals surface area contributed by atoms with E-state index in [1.54, 1.807) is 38.1 Å². The molecule has 0 saturated carbocycles. The Balaban J connectivity index is 1.88. The predicted octanol–water partition coefficient (Wildman–Crippen LogP) is 4.08. The first-order chi connectivity index (χ1) is 14.5. The van der Waals surface area contributed by atoms with Crippen molar-refractivity contribution >= 4 is 0 Å². The molecular weight excluding hydrogens is 413 g/mol. The van der Waals surface area contributed by atoms with Gasteiger partial charge in [0.05, 0.1) is 29.7 Å². The van der Waals surface area contributed by atoms with Gasteiger partial charge >= 0.3 is 6.18 Å². The van der Waals surface area contributed by atoms with Crippen LogP contribution in [0.4, 0.5) is 13.2 Å². The highest BCUT2D eigenvalue weighted by molar-refractivity contribution is 5.59. The lowest BCUT2D eigenvalue weighted by atomic mass is 10.1. The summed E-state index contributed by atoms with van der Waals surface area (Å²) in [4.78, 5) is 16.4. The van der Waals surface area contributed by atoms with E-state index in [-0.39, 0.29) is 12.3 Å². The van der Waals surface area contributed by atoms with E-state index >= 15 is 0 Å². The molecule has 0 aliphatic heterocycles. The third-order valence-corrected chi connectivity index (χ3v) is 4.31. The molecule has 0 spiro atoms. The number of benzene rings is 1. The number of ether oxygens (including phenoxy) is 2. The molecule has 2 heterocycles. The van der Waals surface area contributed by atoms with E-state index in [0.717, 1.165) is 12.3 Å². The first-order valence-electron chi connectivity index (χ1n) is 9.28. The highest BCUT2D eigenvalue weighted by atomic mass is 19.4. The summed E-state index contributed by atoms with van der Waals surface area (Å²) in [6.45, 7) is 3.28. The number of halogens is 3. The SMILES string of the molecule is COc1cc(-n2ccc(-c3ccc(C(F)(F)F)cn3)cc2=O)ccc1OCC(C)(C)O. The van der Waals surface area contributed by atoms with Gasteiger partial charge in [-0.25, -0.2) is 0 Å². The van der Waals surface area contributed by atoms with Gasteiger partial charge in [-0.05, 0) is 44.2 Å². The van der Waals surface area contributed by atoms with Crippen molar-refractivity contribution in [1.82, 2.24) is 9.55 Å². The standard InChI is InChI=1S/C22H21F3N2O4/c1-21(2,29)13-31-18-7-5-16(11-19(18)30-3)27-9-8-14(10-20(27)28)17-6-4-15(12-26-17)22(23,24)25/h4-12,29H,13H2,1-3H3. The minimum absolute atomic E-state index is 0.0531. The average molecular weight is 434 g/mol. The van der Waals surface area contributed by atoms with Gasteiger partial charge in [0.25, 0.3) is 5.56 Å². The van der Waals surface area contributed by atoms with Crippen LogP contribution in [-0.2, 0) is 6.18 Å². The summed E-state index contributed by atoms with van der Waals surface area (Å²) >= 11 is 0. The van der Waals surface area contributed by atoms with Gasteiger partial charge in [-0.3, -0.25) is 14.3 Å². The fourth-order valence-electron chi connectivity index (χ4n) is 2.76. The number of methoxy groups -OCH3 is 1. The molecule has 0 aliphatic rings. The molecule has 1 aromatic carbocycles. The molecule has 3 aromatic rings. The molecule has 0 radical (unpaired) electrons. The molecule has 0 amide bonds. The number of alkyl halides is 3. The molecule has 3 rings (SSSR count). The third-order valence-electron chi connectivity index (χ3n) is 4.31. The van der Waals surface area contributed by atoms with E-state index in [2.05, 4.69) is 4.98 Å². The lowest BCUT2D eigenvalue weighted by Gasteiger charge is -2.19. The molecule has 0 bridgehead atoms. The topological polar surface area (TPSA) is 73.6 Å². The summed E-state index contributed by atoms with van der Waals surface area (Å²) in [5.41, 5.74) is -1.13. The second-order valence-corrected chi connectivity index (χ2v) is 7.49. The number of rotatable bonds is 6. The van der Waals surface area contributed by atoms with Crippen LogP contribution in [0.2, 0.25) is 0 Å². The van der Waals surface area contributed by atoms with Crippen molar-refractivity contribution in [2.75, 3.05) is 13.7 Å². The van der Waals surface area contributed by atoms with E-state index in [9.17, 15) is 23.1 Å². The van der Waals surface area contributed by atoms with Gasteiger partial charge in [0.15, 0.2) is 11.5 Å². The number of hydrogen-bond acceptors (Lipinski definition) is 5. The molecule has 0 aliphatic carbocycles. The van der Waals surface area contributed by atoms with Crippen LogP contribution >= 0.6 is 0 Å². The Morgan fingerprint density at radius 1 is 1.06 bits per heavy atom. The van der Waals surface area contributed by atoms with E-state index in [0.29, 0.717) is 22.7 Å². The van der Waals surface area contributed by atoms with Crippen molar-refractivity contribution in [3.63, 3.8) is 0 Å². The lowest BCUT2D eigenvalue weighted by Crippen LogP contribution is -2.28. The highest BCUT2D eigenvalue weighted by Crippen LogP contribution is 2.31. The number of aromatic nitrogens is 2. The first-order valence-corrected chi connectivity index (χ1v) is 9.28. The lowest BCUT2D eigenvalue weighted by molar-refractivity contribution is -0.137. The Hall–Kier alpha value is -3.33. The quantitative estimate of drug-likeness (QED) is 0.633. The molecule has 0 fully saturated rings. The van der Waals surface area contributed by atoms with Gasteiger partial charge in [-0.2, -0.15) is 13.2 Å². The average Bonchev–Trinajstić information content (AvgIpc) is 2.71. The van der Waals surface area contributed by atoms with Crippen LogP contribution in [0.5, 0.6) is 11.5 Å². The van der Waals surface area contributed by atoms with E-state index < -0.39 is 22.9 Å². The molecule has 0 unspecified atom stereocenters. The molecule has 1 N–H and O–H groups in total. The summed E-state index contributed by atoms with van der Waals surface area (Å²) in [6.07, 6.45) is -2.24. The fourth-order valence-corrected chi connectivity index (χ4v) is 2.76. The molecule has 0 saturated heterocycles. The van der Waals surface area contributed by atoms with Gasteiger partial charge in [0.2, 0.25) is 0 Å². The molecule has 164 valence electrons. The zero-order valence-electron chi connectivity index (χ0n) is 17.1. The monoisotopic (exact) mass is 434 g/mol. The smallest absolute Gasteiger partial charge is 0.417 e. The summed E-state index contributed by atoms with van der Waals surface area (Å²) in [6, 6.07) is 9.91. The molecule has 2 aromatic heterocycles. The van der Waals surface area contributed by atoms with E-state index in [1.165, 1.54) is 30.0 Å². The Morgan fingerprint density at radius 2 is 1.81 bits per heavy atom. The Morgan fingerprint density at radius 3 is 2.35 bits per heavy atom. The van der Waals surface area contributed by atoms with Gasteiger partial charge in [-0.15, -0.1) is 0 Å². The molecule has 9 heteroatoms. The van der Waals surface area contributed by atoms with Crippen LogP contribution in [0.25, 0.3) is 16.9 Å². The van der Waals surface area contributed by atoms with Crippen LogP contribution < -0.4 is 15.0 Å². The van der Waals surface area contributed by atoms with Crippen LogP contribution in [0, 0.1) is 0 Å². The maximum Gasteiger partial charge on any atom is 0.417 e. The fraction of sp³-hybridized carbons (Fsp3) is 0.273. The Labute approximate surface area is 176 Å². The van der Waals surface area contributed by atoms with Crippen LogP contribution in [0.3, 0.4) is 0 Å². The minimum atomic E-state index is -4.48. The van der Waals surface area contributed by atoms with Crippen molar-refractivity contribution < 1.29 is 27.8 Å². The normalized spacial score (nSPS) is 12.0. The van der Waals surface area contributed by atoms with E-state index in [1.807, 2.05) is 0 Å². The maximum atomic E-state index is 12.7.